The van der Waals surface area contributed by atoms with Crippen LogP contribution in [-0.4, -0.2) is 24.3 Å². The molecule has 1 aromatic heterocycles. The Morgan fingerprint density at radius 2 is 1.66 bits per heavy atom. The van der Waals surface area contributed by atoms with E-state index >= 15 is 0 Å². The third-order valence-corrected chi connectivity index (χ3v) is 5.83. The number of halogens is 1. The van der Waals surface area contributed by atoms with Gasteiger partial charge in [0.2, 0.25) is 0 Å². The minimum absolute atomic E-state index is 0.313. The van der Waals surface area contributed by atoms with Gasteiger partial charge in [0.15, 0.2) is 0 Å². The summed E-state index contributed by atoms with van der Waals surface area (Å²) in [7, 11) is 1.64. The SMILES string of the molecule is CCOC(=O)c1c(C)n(-c2ccc(OC)cc2)c2ccc(OCc3ccc(Br)cc3)cc12. The first-order chi connectivity index (χ1) is 15.5. The van der Waals surface area contributed by atoms with Crippen molar-refractivity contribution in [2.75, 3.05) is 13.7 Å². The Hall–Kier alpha value is -3.25. The summed E-state index contributed by atoms with van der Waals surface area (Å²) in [6, 6.07) is 21.6. The number of ether oxygens (including phenoxy) is 3. The molecule has 6 heteroatoms. The molecule has 0 spiro atoms. The molecule has 0 saturated carbocycles. The van der Waals surface area contributed by atoms with Gasteiger partial charge >= 0.3 is 5.97 Å². The van der Waals surface area contributed by atoms with Crippen molar-refractivity contribution in [1.82, 2.24) is 4.57 Å². The molecule has 5 nitrogen and oxygen atoms in total. The molecule has 0 N–H and O–H groups in total. The molecule has 0 bridgehead atoms. The van der Waals surface area contributed by atoms with Gasteiger partial charge in [-0.2, -0.15) is 0 Å². The molecule has 1 heterocycles. The smallest absolute Gasteiger partial charge is 0.340 e. The quantitative estimate of drug-likeness (QED) is 0.277. The summed E-state index contributed by atoms with van der Waals surface area (Å²) < 4.78 is 19.8. The lowest BCUT2D eigenvalue weighted by atomic mass is 10.1. The van der Waals surface area contributed by atoms with Crippen LogP contribution in [0.4, 0.5) is 0 Å². The molecule has 0 radical (unpaired) electrons. The predicted octanol–water partition coefficient (Wildman–Crippen LogP) is 6.47. The molecular formula is C26H24BrNO4. The van der Waals surface area contributed by atoms with Crippen molar-refractivity contribution in [3.05, 3.63) is 88.0 Å². The highest BCUT2D eigenvalue weighted by atomic mass is 79.9. The van der Waals surface area contributed by atoms with E-state index in [4.69, 9.17) is 14.2 Å². The highest BCUT2D eigenvalue weighted by molar-refractivity contribution is 9.10. The Balaban J connectivity index is 1.76. The molecule has 0 atom stereocenters. The van der Waals surface area contributed by atoms with Crippen LogP contribution in [0.2, 0.25) is 0 Å². The van der Waals surface area contributed by atoms with E-state index in [0.717, 1.165) is 38.1 Å². The minimum atomic E-state index is -0.340. The highest BCUT2D eigenvalue weighted by Gasteiger charge is 2.22. The minimum Gasteiger partial charge on any atom is -0.497 e. The molecule has 0 unspecified atom stereocenters. The molecule has 32 heavy (non-hydrogen) atoms. The van der Waals surface area contributed by atoms with Crippen molar-refractivity contribution in [3.8, 4) is 17.2 Å². The van der Waals surface area contributed by atoms with Gasteiger partial charge in [-0.25, -0.2) is 4.79 Å². The van der Waals surface area contributed by atoms with Crippen LogP contribution in [-0.2, 0) is 11.3 Å². The summed E-state index contributed by atoms with van der Waals surface area (Å²) >= 11 is 3.45. The van der Waals surface area contributed by atoms with Crippen LogP contribution in [0.1, 0.15) is 28.5 Å². The Kier molecular flexibility index (Phi) is 6.51. The van der Waals surface area contributed by atoms with Crippen LogP contribution in [0.25, 0.3) is 16.6 Å². The fourth-order valence-corrected chi connectivity index (χ4v) is 4.02. The maximum Gasteiger partial charge on any atom is 0.340 e. The molecular weight excluding hydrogens is 470 g/mol. The fourth-order valence-electron chi connectivity index (χ4n) is 3.76. The molecule has 0 amide bonds. The maximum atomic E-state index is 12.8. The van der Waals surface area contributed by atoms with Gasteiger partial charge in [-0.15, -0.1) is 0 Å². The largest absolute Gasteiger partial charge is 0.497 e. The van der Waals surface area contributed by atoms with Crippen LogP contribution in [0.5, 0.6) is 11.5 Å². The first-order valence-electron chi connectivity index (χ1n) is 10.4. The zero-order valence-electron chi connectivity index (χ0n) is 18.2. The summed E-state index contributed by atoms with van der Waals surface area (Å²) in [4.78, 5) is 12.8. The van der Waals surface area contributed by atoms with E-state index in [0.29, 0.717) is 24.5 Å². The molecule has 0 saturated heterocycles. The number of fused-ring (bicyclic) bond motifs is 1. The number of carbonyl (C=O) groups is 1. The molecule has 0 aliphatic rings. The van der Waals surface area contributed by atoms with Gasteiger partial charge in [-0.05, 0) is 74.0 Å². The summed E-state index contributed by atoms with van der Waals surface area (Å²) in [5.41, 5.74) is 4.27. The van der Waals surface area contributed by atoms with Gasteiger partial charge in [0.05, 0.1) is 24.8 Å². The van der Waals surface area contributed by atoms with E-state index in [-0.39, 0.29) is 5.97 Å². The normalized spacial score (nSPS) is 10.9. The van der Waals surface area contributed by atoms with E-state index in [1.165, 1.54) is 0 Å². The highest BCUT2D eigenvalue weighted by Crippen LogP contribution is 2.33. The van der Waals surface area contributed by atoms with Crippen molar-refractivity contribution in [2.24, 2.45) is 0 Å². The molecule has 3 aromatic carbocycles. The second-order valence-electron chi connectivity index (χ2n) is 7.31. The number of carbonyl (C=O) groups excluding carboxylic acids is 1. The lowest BCUT2D eigenvalue weighted by molar-refractivity contribution is 0.0527. The number of esters is 1. The third kappa shape index (κ3) is 4.36. The van der Waals surface area contributed by atoms with Gasteiger partial charge in [0.25, 0.3) is 0 Å². The predicted molar refractivity (Wildman–Crippen MR) is 129 cm³/mol. The lowest BCUT2D eigenvalue weighted by Crippen LogP contribution is -2.07. The summed E-state index contributed by atoms with van der Waals surface area (Å²) in [6.45, 7) is 4.49. The average molecular weight is 494 g/mol. The van der Waals surface area contributed by atoms with Crippen LogP contribution in [0, 0.1) is 6.92 Å². The van der Waals surface area contributed by atoms with E-state index < -0.39 is 0 Å². The van der Waals surface area contributed by atoms with Crippen LogP contribution in [0.3, 0.4) is 0 Å². The Morgan fingerprint density at radius 1 is 0.969 bits per heavy atom. The topological polar surface area (TPSA) is 49.7 Å². The van der Waals surface area contributed by atoms with Gasteiger partial charge in [0.1, 0.15) is 18.1 Å². The van der Waals surface area contributed by atoms with Crippen LogP contribution in [0.15, 0.2) is 71.2 Å². The van der Waals surface area contributed by atoms with Gasteiger partial charge in [-0.1, -0.05) is 28.1 Å². The second-order valence-corrected chi connectivity index (χ2v) is 8.22. The molecule has 0 fully saturated rings. The van der Waals surface area contributed by atoms with Gasteiger partial charge in [0, 0.05) is 21.2 Å². The number of hydrogen-bond acceptors (Lipinski definition) is 4. The van der Waals surface area contributed by atoms with Crippen molar-refractivity contribution in [2.45, 2.75) is 20.5 Å². The molecule has 0 aliphatic carbocycles. The number of nitrogens with zero attached hydrogens (tertiary/aromatic N) is 1. The number of methoxy groups -OCH3 is 1. The fraction of sp³-hybridized carbons (Fsp3) is 0.192. The molecule has 0 aliphatic heterocycles. The average Bonchev–Trinajstić information content (AvgIpc) is 3.10. The standard InChI is InChI=1S/C26H24BrNO4/c1-4-31-26(29)25-17(2)28(20-9-11-21(30-3)12-10-20)24-14-13-22(15-23(24)25)32-16-18-5-7-19(27)8-6-18/h5-15H,4,16H2,1-3H3. The summed E-state index contributed by atoms with van der Waals surface area (Å²) in [5.74, 6) is 1.13. The van der Waals surface area contributed by atoms with Crippen molar-refractivity contribution in [3.63, 3.8) is 0 Å². The molecule has 164 valence electrons. The molecule has 4 aromatic rings. The first-order valence-corrected chi connectivity index (χ1v) is 11.1. The maximum absolute atomic E-state index is 12.8. The summed E-state index contributed by atoms with van der Waals surface area (Å²) in [6.07, 6.45) is 0. The van der Waals surface area contributed by atoms with Crippen molar-refractivity contribution < 1.29 is 19.0 Å². The van der Waals surface area contributed by atoms with E-state index in [2.05, 4.69) is 20.5 Å². The molecule has 4 rings (SSSR count). The van der Waals surface area contributed by atoms with Crippen molar-refractivity contribution >= 4 is 32.8 Å². The number of rotatable bonds is 7. The zero-order chi connectivity index (χ0) is 22.7. The Morgan fingerprint density at radius 3 is 2.31 bits per heavy atom. The van der Waals surface area contributed by atoms with E-state index in [1.807, 2.05) is 80.6 Å². The van der Waals surface area contributed by atoms with E-state index in [9.17, 15) is 4.79 Å². The van der Waals surface area contributed by atoms with Crippen LogP contribution >= 0.6 is 15.9 Å². The van der Waals surface area contributed by atoms with Crippen LogP contribution < -0.4 is 9.47 Å². The number of hydrogen-bond donors (Lipinski definition) is 0. The zero-order valence-corrected chi connectivity index (χ0v) is 19.8. The number of benzene rings is 3. The Bertz CT molecular complexity index is 1240. The third-order valence-electron chi connectivity index (χ3n) is 5.30. The Labute approximate surface area is 195 Å². The first kappa shape index (κ1) is 22.0. The lowest BCUT2D eigenvalue weighted by Gasteiger charge is -2.10. The van der Waals surface area contributed by atoms with Gasteiger partial charge in [-0.3, -0.25) is 0 Å². The van der Waals surface area contributed by atoms with E-state index in [1.54, 1.807) is 7.11 Å². The van der Waals surface area contributed by atoms with Gasteiger partial charge < -0.3 is 18.8 Å². The second kappa shape index (κ2) is 9.49. The van der Waals surface area contributed by atoms with Crippen molar-refractivity contribution in [1.29, 1.82) is 0 Å². The number of aromatic nitrogens is 1. The monoisotopic (exact) mass is 493 g/mol. The summed E-state index contributed by atoms with van der Waals surface area (Å²) in [5, 5.41) is 0.796.